The third-order valence-electron chi connectivity index (χ3n) is 5.10. The first-order valence-corrected chi connectivity index (χ1v) is 10.6. The lowest BCUT2D eigenvalue weighted by atomic mass is 10.2. The van der Waals surface area contributed by atoms with Gasteiger partial charge in [0.1, 0.15) is 11.5 Å². The van der Waals surface area contributed by atoms with Crippen LogP contribution in [-0.2, 0) is 0 Å². The second-order valence-electron chi connectivity index (χ2n) is 7.31. The summed E-state index contributed by atoms with van der Waals surface area (Å²) in [4.78, 5) is 19.0. The van der Waals surface area contributed by atoms with Crippen LogP contribution >= 0.6 is 24.0 Å². The Hall–Kier alpha value is -2.69. The Morgan fingerprint density at radius 1 is 1.19 bits per heavy atom. The average molecular weight is 553 g/mol. The number of anilines is 1. The monoisotopic (exact) mass is 553 g/mol. The molecule has 3 rings (SSSR count). The standard InChI is InChI=1S/C23H31N5O3.HI/c1-3-24-23(26-14-13-25-22(30)17-8-10-19(29)11-9-17)27-18-12-15-28(16-18)20-6-4-5-7-21(20)31-2;/h4-11,18,29H,3,12-16H2,1-2H3,(H,25,30)(H2,24,26,27);1H. The van der Waals surface area contributed by atoms with Crippen molar-refractivity contribution in [3.63, 3.8) is 0 Å². The number of phenols is 1. The van der Waals surface area contributed by atoms with Gasteiger partial charge in [0.2, 0.25) is 0 Å². The number of nitrogens with zero attached hydrogens (tertiary/aromatic N) is 2. The zero-order chi connectivity index (χ0) is 22.1. The number of methoxy groups -OCH3 is 1. The van der Waals surface area contributed by atoms with E-state index in [1.54, 1.807) is 19.2 Å². The van der Waals surface area contributed by atoms with Crippen molar-refractivity contribution in [3.8, 4) is 11.5 Å². The van der Waals surface area contributed by atoms with Crippen molar-refractivity contribution in [2.75, 3.05) is 44.7 Å². The Balaban J connectivity index is 0.00000363. The van der Waals surface area contributed by atoms with Crippen molar-refractivity contribution < 1.29 is 14.6 Å². The van der Waals surface area contributed by atoms with E-state index in [9.17, 15) is 9.90 Å². The molecule has 0 bridgehead atoms. The number of hydrogen-bond acceptors (Lipinski definition) is 5. The largest absolute Gasteiger partial charge is 0.508 e. The third kappa shape index (κ3) is 7.18. The number of nitrogens with one attached hydrogen (secondary N) is 3. The number of halogens is 1. The number of carbonyl (C=O) groups excluding carboxylic acids is 1. The molecule has 174 valence electrons. The second kappa shape index (κ2) is 13.0. The molecular formula is C23H32IN5O3. The highest BCUT2D eigenvalue weighted by atomic mass is 127. The van der Waals surface area contributed by atoms with E-state index in [2.05, 4.69) is 31.9 Å². The zero-order valence-corrected chi connectivity index (χ0v) is 20.8. The van der Waals surface area contributed by atoms with Gasteiger partial charge in [0.05, 0.1) is 19.3 Å². The summed E-state index contributed by atoms with van der Waals surface area (Å²) < 4.78 is 5.49. The van der Waals surface area contributed by atoms with Crippen LogP contribution < -0.4 is 25.6 Å². The van der Waals surface area contributed by atoms with E-state index in [1.807, 2.05) is 25.1 Å². The molecule has 9 heteroatoms. The van der Waals surface area contributed by atoms with Crippen LogP contribution in [0.25, 0.3) is 0 Å². The fourth-order valence-electron chi connectivity index (χ4n) is 3.55. The van der Waals surface area contributed by atoms with E-state index in [1.165, 1.54) is 12.1 Å². The molecule has 1 amide bonds. The number of benzene rings is 2. The summed E-state index contributed by atoms with van der Waals surface area (Å²) in [7, 11) is 1.70. The molecule has 1 heterocycles. The number of guanidine groups is 1. The predicted octanol–water partition coefficient (Wildman–Crippen LogP) is 2.58. The van der Waals surface area contributed by atoms with Gasteiger partial charge in [-0.25, -0.2) is 0 Å². The number of carbonyl (C=O) groups is 1. The maximum absolute atomic E-state index is 12.1. The van der Waals surface area contributed by atoms with E-state index in [-0.39, 0.29) is 41.7 Å². The molecule has 0 aromatic heterocycles. The Kier molecular flexibility index (Phi) is 10.4. The molecule has 1 fully saturated rings. The molecule has 2 aromatic rings. The quantitative estimate of drug-likeness (QED) is 0.174. The molecule has 32 heavy (non-hydrogen) atoms. The van der Waals surface area contributed by atoms with Crippen LogP contribution in [-0.4, -0.2) is 62.8 Å². The molecule has 1 unspecified atom stereocenters. The fraction of sp³-hybridized carbons (Fsp3) is 0.391. The minimum Gasteiger partial charge on any atom is -0.508 e. The first-order valence-electron chi connectivity index (χ1n) is 10.6. The van der Waals surface area contributed by atoms with Crippen LogP contribution in [0.4, 0.5) is 5.69 Å². The van der Waals surface area contributed by atoms with Crippen molar-refractivity contribution >= 4 is 41.5 Å². The molecule has 8 nitrogen and oxygen atoms in total. The summed E-state index contributed by atoms with van der Waals surface area (Å²) in [6.45, 7) is 5.48. The molecular weight excluding hydrogens is 521 g/mol. The molecule has 0 aliphatic carbocycles. The number of ether oxygens (including phenoxy) is 1. The van der Waals surface area contributed by atoms with E-state index in [4.69, 9.17) is 4.74 Å². The normalized spacial score (nSPS) is 15.6. The van der Waals surface area contributed by atoms with E-state index >= 15 is 0 Å². The SMILES string of the molecule is CCNC(=NCCNC(=O)c1ccc(O)cc1)NC1CCN(c2ccccc2OC)C1.I. The molecule has 1 aliphatic heterocycles. The third-order valence-corrected chi connectivity index (χ3v) is 5.10. The van der Waals surface area contributed by atoms with Crippen LogP contribution in [0.5, 0.6) is 11.5 Å². The van der Waals surface area contributed by atoms with Gasteiger partial charge in [-0.15, -0.1) is 24.0 Å². The summed E-state index contributed by atoms with van der Waals surface area (Å²) in [5, 5.41) is 18.9. The zero-order valence-electron chi connectivity index (χ0n) is 18.5. The summed E-state index contributed by atoms with van der Waals surface area (Å²) in [5.74, 6) is 1.58. The highest BCUT2D eigenvalue weighted by Crippen LogP contribution is 2.30. The number of aromatic hydroxyl groups is 1. The second-order valence-corrected chi connectivity index (χ2v) is 7.31. The van der Waals surface area contributed by atoms with Crippen molar-refractivity contribution in [2.24, 2.45) is 4.99 Å². The first-order chi connectivity index (χ1) is 15.1. The molecule has 1 atom stereocenters. The number of phenolic OH excluding ortho intramolecular Hbond substituents is 1. The topological polar surface area (TPSA) is 98.2 Å². The van der Waals surface area contributed by atoms with E-state index < -0.39 is 0 Å². The minimum absolute atomic E-state index is 0. The first kappa shape index (κ1) is 25.6. The number of amides is 1. The van der Waals surface area contributed by atoms with Crippen LogP contribution in [0.1, 0.15) is 23.7 Å². The van der Waals surface area contributed by atoms with Gasteiger partial charge in [-0.3, -0.25) is 9.79 Å². The lowest BCUT2D eigenvalue weighted by Gasteiger charge is -2.22. The van der Waals surface area contributed by atoms with Gasteiger partial charge in [0.25, 0.3) is 5.91 Å². The molecule has 1 aliphatic rings. The van der Waals surface area contributed by atoms with Crippen LogP contribution in [0, 0.1) is 0 Å². The van der Waals surface area contributed by atoms with Crippen molar-refractivity contribution in [1.82, 2.24) is 16.0 Å². The number of rotatable bonds is 8. The van der Waals surface area contributed by atoms with E-state index in [0.29, 0.717) is 18.7 Å². The molecule has 0 radical (unpaired) electrons. The van der Waals surface area contributed by atoms with Gasteiger partial charge in [-0.1, -0.05) is 12.1 Å². The summed E-state index contributed by atoms with van der Waals surface area (Å²) in [6.07, 6.45) is 1.00. The molecule has 2 aromatic carbocycles. The highest BCUT2D eigenvalue weighted by Gasteiger charge is 2.25. The predicted molar refractivity (Wildman–Crippen MR) is 139 cm³/mol. The number of hydrogen-bond donors (Lipinski definition) is 4. The average Bonchev–Trinajstić information content (AvgIpc) is 3.25. The number of aliphatic imine (C=N–C) groups is 1. The minimum atomic E-state index is -0.184. The Morgan fingerprint density at radius 3 is 2.66 bits per heavy atom. The van der Waals surface area contributed by atoms with Gasteiger partial charge >= 0.3 is 0 Å². The molecule has 1 saturated heterocycles. The van der Waals surface area contributed by atoms with Gasteiger partial charge in [-0.05, 0) is 49.7 Å². The molecule has 0 saturated carbocycles. The van der Waals surface area contributed by atoms with Gasteiger partial charge in [0, 0.05) is 37.8 Å². The lowest BCUT2D eigenvalue weighted by molar-refractivity contribution is 0.0955. The van der Waals surface area contributed by atoms with Crippen LogP contribution in [0.3, 0.4) is 0 Å². The smallest absolute Gasteiger partial charge is 0.251 e. The maximum atomic E-state index is 12.1. The van der Waals surface area contributed by atoms with Gasteiger partial charge in [0.15, 0.2) is 5.96 Å². The summed E-state index contributed by atoms with van der Waals surface area (Å²) in [6, 6.07) is 14.5. The summed E-state index contributed by atoms with van der Waals surface area (Å²) in [5.41, 5.74) is 1.61. The fourth-order valence-corrected chi connectivity index (χ4v) is 3.55. The van der Waals surface area contributed by atoms with Crippen molar-refractivity contribution in [1.29, 1.82) is 0 Å². The summed E-state index contributed by atoms with van der Waals surface area (Å²) >= 11 is 0. The highest BCUT2D eigenvalue weighted by molar-refractivity contribution is 14.0. The van der Waals surface area contributed by atoms with E-state index in [0.717, 1.165) is 43.5 Å². The Labute approximate surface area is 206 Å². The van der Waals surface area contributed by atoms with Crippen LogP contribution in [0.15, 0.2) is 53.5 Å². The Morgan fingerprint density at radius 2 is 1.94 bits per heavy atom. The van der Waals surface area contributed by atoms with Crippen molar-refractivity contribution in [3.05, 3.63) is 54.1 Å². The molecule has 0 spiro atoms. The number of para-hydroxylation sites is 2. The maximum Gasteiger partial charge on any atom is 0.251 e. The Bertz CT molecular complexity index is 891. The van der Waals surface area contributed by atoms with Gasteiger partial charge in [-0.2, -0.15) is 0 Å². The van der Waals surface area contributed by atoms with Gasteiger partial charge < -0.3 is 30.7 Å². The van der Waals surface area contributed by atoms with Crippen LogP contribution in [0.2, 0.25) is 0 Å². The molecule has 4 N–H and O–H groups in total. The lowest BCUT2D eigenvalue weighted by Crippen LogP contribution is -2.45. The van der Waals surface area contributed by atoms with Crippen molar-refractivity contribution in [2.45, 2.75) is 19.4 Å².